The summed E-state index contributed by atoms with van der Waals surface area (Å²) in [4.78, 5) is 11.0. The predicted octanol–water partition coefficient (Wildman–Crippen LogP) is 2.24. The Morgan fingerprint density at radius 2 is 2.00 bits per heavy atom. The number of nitrogens with one attached hydrogen (secondary N) is 1. The van der Waals surface area contributed by atoms with Gasteiger partial charge in [0.1, 0.15) is 0 Å². The Kier molecular flexibility index (Phi) is 3.72. The van der Waals surface area contributed by atoms with Gasteiger partial charge in [0, 0.05) is 17.3 Å². The number of amides is 1. The average Bonchev–Trinajstić information content (AvgIpc) is 2.18. The number of nitrogens with two attached hydrogens (primary N) is 1. The third-order valence-corrected chi connectivity index (χ3v) is 2.54. The van der Waals surface area contributed by atoms with Crippen molar-refractivity contribution in [3.05, 3.63) is 29.8 Å². The lowest BCUT2D eigenvalue weighted by Gasteiger charge is -2.18. The second kappa shape index (κ2) is 4.82. The van der Waals surface area contributed by atoms with Crippen molar-refractivity contribution in [1.82, 2.24) is 0 Å². The third kappa shape index (κ3) is 3.27. The number of benzene rings is 1. The van der Waals surface area contributed by atoms with Crippen molar-refractivity contribution in [2.24, 2.45) is 11.7 Å². The molecule has 1 unspecified atom stereocenters. The van der Waals surface area contributed by atoms with Crippen LogP contribution in [0.3, 0.4) is 0 Å². The highest BCUT2D eigenvalue weighted by molar-refractivity contribution is 5.93. The highest BCUT2D eigenvalue weighted by Crippen LogP contribution is 2.14. The van der Waals surface area contributed by atoms with Crippen molar-refractivity contribution in [3.8, 4) is 0 Å². The Hall–Kier alpha value is -1.51. The summed E-state index contributed by atoms with van der Waals surface area (Å²) in [6.45, 7) is 6.41. The predicted molar refractivity (Wildman–Crippen MR) is 62.9 cm³/mol. The molecule has 3 heteroatoms. The molecular formula is C12H18N2O. The van der Waals surface area contributed by atoms with E-state index in [-0.39, 0.29) is 0 Å². The number of carbonyl (C=O) groups excluding carboxylic acids is 1. The Morgan fingerprint density at radius 1 is 1.33 bits per heavy atom. The van der Waals surface area contributed by atoms with E-state index in [1.54, 1.807) is 12.1 Å². The van der Waals surface area contributed by atoms with Gasteiger partial charge in [-0.2, -0.15) is 0 Å². The van der Waals surface area contributed by atoms with Gasteiger partial charge in [-0.3, -0.25) is 4.79 Å². The Labute approximate surface area is 90.7 Å². The first kappa shape index (κ1) is 11.6. The van der Waals surface area contributed by atoms with Gasteiger partial charge in [0.05, 0.1) is 0 Å². The van der Waals surface area contributed by atoms with Gasteiger partial charge < -0.3 is 11.1 Å². The van der Waals surface area contributed by atoms with E-state index >= 15 is 0 Å². The van der Waals surface area contributed by atoms with Gasteiger partial charge in [0.25, 0.3) is 0 Å². The molecule has 0 saturated carbocycles. The minimum atomic E-state index is -0.393. The molecule has 0 bridgehead atoms. The first-order chi connectivity index (χ1) is 7.00. The fraction of sp³-hybridized carbons (Fsp3) is 0.417. The largest absolute Gasteiger partial charge is 0.382 e. The molecule has 1 atom stereocenters. The van der Waals surface area contributed by atoms with Crippen molar-refractivity contribution >= 4 is 11.6 Å². The van der Waals surface area contributed by atoms with Gasteiger partial charge in [0.15, 0.2) is 0 Å². The molecule has 0 spiro atoms. The minimum absolute atomic E-state index is 0.369. The lowest BCUT2D eigenvalue weighted by Crippen LogP contribution is -2.21. The monoisotopic (exact) mass is 206 g/mol. The Bertz CT molecular complexity index is 347. The van der Waals surface area contributed by atoms with E-state index in [2.05, 4.69) is 26.1 Å². The molecule has 0 aliphatic rings. The van der Waals surface area contributed by atoms with Gasteiger partial charge in [-0.05, 0) is 31.0 Å². The highest BCUT2D eigenvalue weighted by atomic mass is 16.1. The van der Waals surface area contributed by atoms with E-state index in [0.29, 0.717) is 17.5 Å². The molecule has 0 aromatic heterocycles. The molecule has 15 heavy (non-hydrogen) atoms. The lowest BCUT2D eigenvalue weighted by atomic mass is 10.1. The van der Waals surface area contributed by atoms with Crippen molar-refractivity contribution < 1.29 is 4.79 Å². The van der Waals surface area contributed by atoms with Crippen LogP contribution in [0.2, 0.25) is 0 Å². The molecule has 82 valence electrons. The molecule has 0 heterocycles. The fourth-order valence-electron chi connectivity index (χ4n) is 1.19. The summed E-state index contributed by atoms with van der Waals surface area (Å²) >= 11 is 0. The van der Waals surface area contributed by atoms with Gasteiger partial charge >= 0.3 is 0 Å². The lowest BCUT2D eigenvalue weighted by molar-refractivity contribution is 0.100. The number of primary amides is 1. The van der Waals surface area contributed by atoms with Crippen molar-refractivity contribution in [2.75, 3.05) is 5.32 Å². The summed E-state index contributed by atoms with van der Waals surface area (Å²) in [5.41, 5.74) is 6.68. The number of rotatable bonds is 4. The molecular weight excluding hydrogens is 188 g/mol. The van der Waals surface area contributed by atoms with Crippen LogP contribution in [0.1, 0.15) is 31.1 Å². The van der Waals surface area contributed by atoms with E-state index in [1.807, 2.05) is 12.1 Å². The van der Waals surface area contributed by atoms with Crippen LogP contribution in [0.15, 0.2) is 24.3 Å². The van der Waals surface area contributed by atoms with Crippen molar-refractivity contribution in [1.29, 1.82) is 0 Å². The van der Waals surface area contributed by atoms with E-state index in [1.165, 1.54) is 0 Å². The van der Waals surface area contributed by atoms with Crippen molar-refractivity contribution in [3.63, 3.8) is 0 Å². The quantitative estimate of drug-likeness (QED) is 0.793. The normalized spacial score (nSPS) is 12.5. The number of carbonyl (C=O) groups is 1. The minimum Gasteiger partial charge on any atom is -0.382 e. The molecule has 0 fully saturated rings. The summed E-state index contributed by atoms with van der Waals surface area (Å²) in [6.07, 6.45) is 0. The van der Waals surface area contributed by atoms with E-state index < -0.39 is 5.91 Å². The average molecular weight is 206 g/mol. The molecule has 0 aliphatic carbocycles. The van der Waals surface area contributed by atoms with Crippen molar-refractivity contribution in [2.45, 2.75) is 26.8 Å². The van der Waals surface area contributed by atoms with Gasteiger partial charge in [-0.15, -0.1) is 0 Å². The second-order valence-electron chi connectivity index (χ2n) is 4.12. The molecule has 1 aromatic rings. The van der Waals surface area contributed by atoms with E-state index in [9.17, 15) is 4.79 Å². The topological polar surface area (TPSA) is 55.1 Å². The first-order valence-corrected chi connectivity index (χ1v) is 5.17. The fourth-order valence-corrected chi connectivity index (χ4v) is 1.19. The smallest absolute Gasteiger partial charge is 0.248 e. The van der Waals surface area contributed by atoms with Crippen LogP contribution < -0.4 is 11.1 Å². The molecule has 1 rings (SSSR count). The van der Waals surface area contributed by atoms with Gasteiger partial charge in [0.2, 0.25) is 5.91 Å². The third-order valence-electron chi connectivity index (χ3n) is 2.54. The van der Waals surface area contributed by atoms with Crippen LogP contribution in [0.5, 0.6) is 0 Å². The van der Waals surface area contributed by atoms with Crippen LogP contribution in [0.25, 0.3) is 0 Å². The number of hydrogen-bond acceptors (Lipinski definition) is 2. The van der Waals surface area contributed by atoms with Crippen LogP contribution in [-0.2, 0) is 0 Å². The summed E-state index contributed by atoms with van der Waals surface area (Å²) in [7, 11) is 0. The Morgan fingerprint density at radius 3 is 2.53 bits per heavy atom. The van der Waals surface area contributed by atoms with Crippen LogP contribution in [0.4, 0.5) is 5.69 Å². The highest BCUT2D eigenvalue weighted by Gasteiger charge is 2.07. The molecule has 0 radical (unpaired) electrons. The summed E-state index contributed by atoms with van der Waals surface area (Å²) in [6, 6.07) is 7.63. The van der Waals surface area contributed by atoms with Crippen LogP contribution >= 0.6 is 0 Å². The van der Waals surface area contributed by atoms with E-state index in [0.717, 1.165) is 5.69 Å². The van der Waals surface area contributed by atoms with Gasteiger partial charge in [-0.1, -0.05) is 19.9 Å². The second-order valence-corrected chi connectivity index (χ2v) is 4.12. The SMILES string of the molecule is CC(C)C(C)Nc1cccc(C(N)=O)c1. The van der Waals surface area contributed by atoms with Crippen LogP contribution in [0, 0.1) is 5.92 Å². The van der Waals surface area contributed by atoms with Crippen LogP contribution in [-0.4, -0.2) is 11.9 Å². The number of hydrogen-bond donors (Lipinski definition) is 2. The molecule has 0 aliphatic heterocycles. The maximum Gasteiger partial charge on any atom is 0.248 e. The van der Waals surface area contributed by atoms with E-state index in [4.69, 9.17) is 5.73 Å². The number of anilines is 1. The maximum absolute atomic E-state index is 11.0. The molecule has 1 amide bonds. The zero-order valence-electron chi connectivity index (χ0n) is 9.45. The maximum atomic E-state index is 11.0. The summed E-state index contributed by atoms with van der Waals surface area (Å²) in [5, 5.41) is 3.33. The first-order valence-electron chi connectivity index (χ1n) is 5.17. The molecule has 0 saturated heterocycles. The standard InChI is InChI=1S/C12H18N2O/c1-8(2)9(3)14-11-6-4-5-10(7-11)12(13)15/h4-9,14H,1-3H3,(H2,13,15). The Balaban J connectivity index is 2.78. The summed E-state index contributed by atoms with van der Waals surface area (Å²) in [5.74, 6) is 0.151. The molecule has 1 aromatic carbocycles. The summed E-state index contributed by atoms with van der Waals surface area (Å²) < 4.78 is 0. The molecule has 3 N–H and O–H groups in total. The zero-order valence-corrected chi connectivity index (χ0v) is 9.45. The molecule has 3 nitrogen and oxygen atoms in total. The zero-order chi connectivity index (χ0) is 11.4. The van der Waals surface area contributed by atoms with Gasteiger partial charge in [-0.25, -0.2) is 0 Å².